The number of hydrogen-bond acceptors (Lipinski definition) is 6. The summed E-state index contributed by atoms with van der Waals surface area (Å²) in [6.07, 6.45) is 3.05. The molecule has 1 saturated heterocycles. The maximum Gasteiger partial charge on any atom is 0.300 e. The maximum atomic E-state index is 13.3. The van der Waals surface area contributed by atoms with Gasteiger partial charge >= 0.3 is 0 Å². The van der Waals surface area contributed by atoms with Gasteiger partial charge in [0.05, 0.1) is 35.0 Å². The van der Waals surface area contributed by atoms with Crippen molar-refractivity contribution in [1.82, 2.24) is 4.98 Å². The number of pyridine rings is 1. The topological polar surface area (TPSA) is 100.0 Å². The fraction of sp³-hybridized carbons (Fsp3) is 0.160. The summed E-state index contributed by atoms with van der Waals surface area (Å²) in [6.45, 7) is 3.59. The van der Waals surface area contributed by atoms with Crippen LogP contribution in [-0.4, -0.2) is 34.0 Å². The first kappa shape index (κ1) is 22.4. The Morgan fingerprint density at radius 1 is 1.06 bits per heavy atom. The van der Waals surface area contributed by atoms with E-state index in [1.807, 2.05) is 0 Å². The molecule has 2 heterocycles. The molecule has 1 aliphatic heterocycles. The molecule has 2 N–H and O–H groups in total. The van der Waals surface area contributed by atoms with Crippen LogP contribution in [-0.2, 0) is 9.59 Å². The van der Waals surface area contributed by atoms with Crippen molar-refractivity contribution in [2.75, 3.05) is 12.0 Å². The van der Waals surface area contributed by atoms with Crippen LogP contribution in [0, 0.1) is 13.8 Å². The van der Waals surface area contributed by atoms with Crippen LogP contribution >= 0.6 is 11.6 Å². The molecule has 0 saturated carbocycles. The Morgan fingerprint density at radius 3 is 2.42 bits per heavy atom. The Balaban J connectivity index is 2.03. The van der Waals surface area contributed by atoms with Crippen molar-refractivity contribution in [3.8, 4) is 11.5 Å². The monoisotopic (exact) mass is 464 g/mol. The molecule has 2 aromatic carbocycles. The molecule has 0 bridgehead atoms. The summed E-state index contributed by atoms with van der Waals surface area (Å²) >= 11 is 6.30. The van der Waals surface area contributed by atoms with E-state index in [1.54, 1.807) is 50.2 Å². The average molecular weight is 465 g/mol. The number of methoxy groups -OCH3 is 1. The Labute approximate surface area is 195 Å². The molecule has 1 unspecified atom stereocenters. The first-order chi connectivity index (χ1) is 15.7. The smallest absolute Gasteiger partial charge is 0.300 e. The molecule has 3 aromatic rings. The number of nitrogens with zero attached hydrogens (tertiary/aromatic N) is 2. The molecular weight excluding hydrogens is 444 g/mol. The van der Waals surface area contributed by atoms with E-state index in [2.05, 4.69) is 4.98 Å². The molecule has 0 aliphatic carbocycles. The van der Waals surface area contributed by atoms with Gasteiger partial charge in [0, 0.05) is 12.4 Å². The number of Topliss-reactive ketones (excluding diaryl/α,β-unsaturated/α-hetero) is 1. The number of aliphatic hydroxyl groups is 1. The second-order valence-electron chi connectivity index (χ2n) is 7.77. The zero-order chi connectivity index (χ0) is 23.9. The number of amides is 1. The normalized spacial score (nSPS) is 17.5. The number of ketones is 1. The van der Waals surface area contributed by atoms with Crippen molar-refractivity contribution >= 4 is 34.7 Å². The van der Waals surface area contributed by atoms with Crippen molar-refractivity contribution in [2.45, 2.75) is 19.9 Å². The second kappa shape index (κ2) is 8.60. The van der Waals surface area contributed by atoms with E-state index in [4.69, 9.17) is 16.3 Å². The van der Waals surface area contributed by atoms with E-state index in [-0.39, 0.29) is 33.3 Å². The van der Waals surface area contributed by atoms with E-state index < -0.39 is 23.5 Å². The number of carbonyl (C=O) groups excluding carboxylic acids is 2. The lowest BCUT2D eigenvalue weighted by molar-refractivity contribution is -0.132. The number of benzene rings is 2. The molecule has 0 spiro atoms. The lowest BCUT2D eigenvalue weighted by Gasteiger charge is -2.26. The van der Waals surface area contributed by atoms with E-state index >= 15 is 0 Å². The summed E-state index contributed by atoms with van der Waals surface area (Å²) in [4.78, 5) is 31.7. The summed E-state index contributed by atoms with van der Waals surface area (Å²) in [6, 6.07) is 10.3. The molecule has 1 fully saturated rings. The molecule has 8 heteroatoms. The highest BCUT2D eigenvalue weighted by Crippen LogP contribution is 2.46. The first-order valence-corrected chi connectivity index (χ1v) is 10.5. The van der Waals surface area contributed by atoms with E-state index in [1.165, 1.54) is 30.5 Å². The standard InChI is InChI=1S/C25H21ClN2O5/c1-13-4-5-19(29)18(12-13)28-21(15-6-8-27-9-7-15)20(23(31)25(28)32)22(30)16-10-14(2)11-17(26)24(16)33-3/h4-12,21,29-30H,1-3H3/b22-20+. The number of hydrogen-bond donors (Lipinski definition) is 2. The molecule has 168 valence electrons. The Hall–Kier alpha value is -3.84. The predicted molar refractivity (Wildman–Crippen MR) is 125 cm³/mol. The third-order valence-corrected chi connectivity index (χ3v) is 5.78. The first-order valence-electron chi connectivity index (χ1n) is 10.1. The highest BCUT2D eigenvalue weighted by atomic mass is 35.5. The van der Waals surface area contributed by atoms with Gasteiger partial charge in [-0.15, -0.1) is 0 Å². The van der Waals surface area contributed by atoms with Crippen LogP contribution in [0.15, 0.2) is 60.4 Å². The zero-order valence-electron chi connectivity index (χ0n) is 18.2. The van der Waals surface area contributed by atoms with Gasteiger partial charge in [0.1, 0.15) is 17.3 Å². The van der Waals surface area contributed by atoms with Crippen LogP contribution in [0.1, 0.15) is 28.3 Å². The summed E-state index contributed by atoms with van der Waals surface area (Å²) in [5, 5.41) is 22.1. The van der Waals surface area contributed by atoms with Gasteiger partial charge in [-0.05, 0) is 66.9 Å². The fourth-order valence-corrected chi connectivity index (χ4v) is 4.38. The number of halogens is 1. The number of carbonyl (C=O) groups is 2. The van der Waals surface area contributed by atoms with Crippen LogP contribution in [0.4, 0.5) is 5.69 Å². The van der Waals surface area contributed by atoms with Crippen molar-refractivity contribution in [3.05, 3.63) is 87.7 Å². The van der Waals surface area contributed by atoms with Gasteiger partial charge in [0.25, 0.3) is 11.7 Å². The summed E-state index contributed by atoms with van der Waals surface area (Å²) in [7, 11) is 1.40. The lowest BCUT2D eigenvalue weighted by Crippen LogP contribution is -2.29. The number of anilines is 1. The van der Waals surface area contributed by atoms with Gasteiger partial charge in [-0.25, -0.2) is 0 Å². The van der Waals surface area contributed by atoms with E-state index in [0.29, 0.717) is 5.56 Å². The predicted octanol–water partition coefficient (Wildman–Crippen LogP) is 4.69. The number of aromatic hydroxyl groups is 1. The zero-order valence-corrected chi connectivity index (χ0v) is 18.9. The number of rotatable bonds is 4. The molecule has 33 heavy (non-hydrogen) atoms. The Kier molecular flexibility index (Phi) is 5.82. The largest absolute Gasteiger partial charge is 0.507 e. The minimum atomic E-state index is -1.01. The SMILES string of the molecule is COc1c(Cl)cc(C)cc1/C(O)=C1\C(=O)C(=O)N(c2cc(C)ccc2O)C1c1ccncc1. The van der Waals surface area contributed by atoms with Crippen LogP contribution in [0.3, 0.4) is 0 Å². The Morgan fingerprint density at radius 2 is 1.76 bits per heavy atom. The minimum Gasteiger partial charge on any atom is -0.507 e. The molecule has 0 radical (unpaired) electrons. The molecule has 1 atom stereocenters. The maximum absolute atomic E-state index is 13.3. The summed E-state index contributed by atoms with van der Waals surface area (Å²) < 4.78 is 5.38. The number of phenols is 1. The third-order valence-electron chi connectivity index (χ3n) is 5.50. The molecule has 4 rings (SSSR count). The van der Waals surface area contributed by atoms with Crippen LogP contribution in [0.5, 0.6) is 11.5 Å². The van der Waals surface area contributed by atoms with Crippen LogP contribution < -0.4 is 9.64 Å². The van der Waals surface area contributed by atoms with Gasteiger partial charge in [0.2, 0.25) is 0 Å². The molecule has 7 nitrogen and oxygen atoms in total. The second-order valence-corrected chi connectivity index (χ2v) is 8.18. The quantitative estimate of drug-likeness (QED) is 0.330. The number of aromatic nitrogens is 1. The lowest BCUT2D eigenvalue weighted by atomic mass is 9.95. The van der Waals surface area contributed by atoms with Gasteiger partial charge in [0.15, 0.2) is 0 Å². The fourth-order valence-electron chi connectivity index (χ4n) is 4.03. The van der Waals surface area contributed by atoms with Gasteiger partial charge in [-0.1, -0.05) is 17.7 Å². The van der Waals surface area contributed by atoms with Crippen LogP contribution in [0.25, 0.3) is 5.76 Å². The van der Waals surface area contributed by atoms with Crippen LogP contribution in [0.2, 0.25) is 5.02 Å². The van der Waals surface area contributed by atoms with Gasteiger partial charge in [-0.2, -0.15) is 0 Å². The number of aliphatic hydroxyl groups excluding tert-OH is 1. The minimum absolute atomic E-state index is 0.146. The van der Waals surface area contributed by atoms with Gasteiger partial charge in [-0.3, -0.25) is 19.5 Å². The van der Waals surface area contributed by atoms with Crippen molar-refractivity contribution < 1.29 is 24.5 Å². The van der Waals surface area contributed by atoms with Gasteiger partial charge < -0.3 is 14.9 Å². The molecular formula is C25H21ClN2O5. The van der Waals surface area contributed by atoms with E-state index in [0.717, 1.165) is 11.1 Å². The summed E-state index contributed by atoms with van der Waals surface area (Å²) in [5.41, 5.74) is 2.25. The molecule has 1 aromatic heterocycles. The summed E-state index contributed by atoms with van der Waals surface area (Å²) in [5.74, 6) is -2.19. The highest BCUT2D eigenvalue weighted by Gasteiger charge is 2.48. The molecule has 1 amide bonds. The number of ether oxygens (including phenoxy) is 1. The van der Waals surface area contributed by atoms with E-state index in [9.17, 15) is 19.8 Å². The molecule has 1 aliphatic rings. The third kappa shape index (κ3) is 3.81. The number of phenolic OH excluding ortho intramolecular Hbond substituents is 1. The number of aryl methyl sites for hydroxylation is 2. The Bertz CT molecular complexity index is 1300. The average Bonchev–Trinajstić information content (AvgIpc) is 3.05. The van der Waals surface area contributed by atoms with Crippen molar-refractivity contribution in [1.29, 1.82) is 0 Å². The van der Waals surface area contributed by atoms with Crippen molar-refractivity contribution in [2.24, 2.45) is 0 Å². The van der Waals surface area contributed by atoms with Crippen molar-refractivity contribution in [3.63, 3.8) is 0 Å². The highest BCUT2D eigenvalue weighted by molar-refractivity contribution is 6.52.